The van der Waals surface area contributed by atoms with Crippen molar-refractivity contribution in [2.45, 2.75) is 207 Å². The largest absolute Gasteiger partial charge is 0.481 e. The van der Waals surface area contributed by atoms with E-state index in [1.807, 2.05) is 60.7 Å². The number of amides is 1. The predicted molar refractivity (Wildman–Crippen MR) is 293 cm³/mol. The maximum Gasteiger partial charge on any atom is 0.408 e. The predicted octanol–water partition coefficient (Wildman–Crippen LogP) is 5.81. The minimum atomic E-state index is -1.86. The number of aliphatic hydroxyl groups excluding tert-OH is 2. The number of carboxylic acid groups (broad SMARTS) is 1. The van der Waals surface area contributed by atoms with Gasteiger partial charge >= 0.3 is 18.0 Å². The molecule has 4 saturated heterocycles. The van der Waals surface area contributed by atoms with Crippen molar-refractivity contribution in [1.82, 2.24) is 15.2 Å². The van der Waals surface area contributed by atoms with E-state index in [0.29, 0.717) is 25.1 Å². The van der Waals surface area contributed by atoms with E-state index in [4.69, 9.17) is 52.2 Å². The zero-order valence-electron chi connectivity index (χ0n) is 50.2. The van der Waals surface area contributed by atoms with Gasteiger partial charge in [0.2, 0.25) is 0 Å². The van der Waals surface area contributed by atoms with E-state index in [-0.39, 0.29) is 57.6 Å². The van der Waals surface area contributed by atoms with E-state index in [1.54, 1.807) is 47.0 Å². The van der Waals surface area contributed by atoms with Crippen LogP contribution in [0.3, 0.4) is 0 Å². The molecule has 4 aliphatic heterocycles. The Morgan fingerprint density at radius 1 is 0.912 bits per heavy atom. The van der Waals surface area contributed by atoms with Crippen LogP contribution in [0.2, 0.25) is 0 Å². The van der Waals surface area contributed by atoms with Gasteiger partial charge < -0.3 is 77.7 Å². The van der Waals surface area contributed by atoms with Crippen LogP contribution in [0.5, 0.6) is 0 Å². The molecule has 1 amide bonds. The Hall–Kier alpha value is -3.94. The van der Waals surface area contributed by atoms with Gasteiger partial charge in [0.05, 0.1) is 61.3 Å². The number of aromatic nitrogens is 1. The highest BCUT2D eigenvalue weighted by Gasteiger charge is 2.51. The lowest BCUT2D eigenvalue weighted by molar-refractivity contribution is -0.304. The van der Waals surface area contributed by atoms with Crippen molar-refractivity contribution >= 4 is 29.5 Å². The van der Waals surface area contributed by atoms with Crippen molar-refractivity contribution in [3.05, 3.63) is 30.1 Å². The van der Waals surface area contributed by atoms with Crippen LogP contribution in [0.1, 0.15) is 121 Å². The van der Waals surface area contributed by atoms with Crippen LogP contribution >= 0.6 is 0 Å². The summed E-state index contributed by atoms with van der Waals surface area (Å²) in [5, 5.41) is 40.5. The summed E-state index contributed by atoms with van der Waals surface area (Å²) in [5.41, 5.74) is -1.67. The molecule has 0 saturated carbocycles. The van der Waals surface area contributed by atoms with Crippen molar-refractivity contribution in [2.24, 2.45) is 52.0 Å². The Bertz CT molecular complexity index is 2160. The summed E-state index contributed by atoms with van der Waals surface area (Å²) in [6.07, 6.45) is -6.40. The average Bonchev–Trinajstić information content (AvgIpc) is 3.62. The van der Waals surface area contributed by atoms with Crippen LogP contribution in [-0.2, 0) is 73.0 Å². The van der Waals surface area contributed by atoms with Gasteiger partial charge in [0.1, 0.15) is 31.5 Å². The number of carbonyl (C=O) groups is 4. The second-order valence-electron chi connectivity index (χ2n) is 24.1. The van der Waals surface area contributed by atoms with Gasteiger partial charge in [-0.15, -0.1) is 0 Å². The van der Waals surface area contributed by atoms with Crippen LogP contribution in [0.25, 0.3) is 0 Å². The number of cyclic esters (lactones) is 1. The van der Waals surface area contributed by atoms with Crippen LogP contribution in [0.15, 0.2) is 29.7 Å². The molecule has 22 heteroatoms. The number of nitrogens with one attached hydrogen (secondary N) is 1. The van der Waals surface area contributed by atoms with Crippen LogP contribution in [0.4, 0.5) is 4.79 Å². The third-order valence-electron chi connectivity index (χ3n) is 17.1. The number of carboxylic acids is 1. The molecule has 4 fully saturated rings. The Morgan fingerprint density at radius 3 is 2.23 bits per heavy atom. The molecule has 0 spiro atoms. The topological polar surface area (TPSA) is 271 Å². The van der Waals surface area contributed by atoms with Gasteiger partial charge in [-0.25, -0.2) is 4.79 Å². The number of likely N-dealkylation sites (N-methyl/N-ethyl adjacent to an activating group) is 1. The molecule has 5 heterocycles. The highest BCUT2D eigenvalue weighted by atomic mass is 16.7. The van der Waals surface area contributed by atoms with Crippen molar-refractivity contribution in [3.63, 3.8) is 0 Å². The maximum absolute atomic E-state index is 15.7. The Labute approximate surface area is 473 Å². The smallest absolute Gasteiger partial charge is 0.408 e. The van der Waals surface area contributed by atoms with Gasteiger partial charge in [-0.2, -0.15) is 0 Å². The zero-order chi connectivity index (χ0) is 59.4. The van der Waals surface area contributed by atoms with E-state index in [2.05, 4.69) is 27.3 Å². The fourth-order valence-corrected chi connectivity index (χ4v) is 12.7. The van der Waals surface area contributed by atoms with Crippen molar-refractivity contribution in [2.75, 3.05) is 54.7 Å². The number of carbonyl (C=O) groups excluding carboxylic acids is 3. The first-order chi connectivity index (χ1) is 37.7. The summed E-state index contributed by atoms with van der Waals surface area (Å²) in [6, 6.07) is 3.72. The number of nitrogens with zero attached hydrogens (tertiary/aromatic N) is 3. The van der Waals surface area contributed by atoms with Crippen molar-refractivity contribution in [3.8, 4) is 0 Å². The lowest BCUT2D eigenvalue weighted by atomic mass is 9.64. The Morgan fingerprint density at radius 2 is 1.59 bits per heavy atom. The molecule has 5 rings (SSSR count). The SMILES string of the molecule is CON=C1C[C@@H](C)O[C@@H](O[C@@H]2[C@@H](C)[C@H](O[C@H]3C[C@H](C)N(C)C[C@H](C)O3)[C@@H](C)C(=O)OCCC(CC(C)(C)[C@H](C(=O)O)C(C)CO[C@@H]3O[C@H](C)[C@@H](O)[C@@H](OC)[C@H]3OC)[C@@H](C)C(=O)[C@@](C)(OC(=O)NCCc3ccncc3)C[C@@H]2C)[C@@H]1O. The number of ketones is 1. The summed E-state index contributed by atoms with van der Waals surface area (Å²) in [7, 11) is 6.30. The second kappa shape index (κ2) is 30.0. The molecule has 80 heavy (non-hydrogen) atoms. The molecule has 2 unspecified atom stereocenters. The maximum atomic E-state index is 15.7. The molecule has 456 valence electrons. The highest BCUT2D eigenvalue weighted by molar-refractivity contribution is 5.91. The Kier molecular flexibility index (Phi) is 25.1. The number of pyridine rings is 1. The van der Waals surface area contributed by atoms with E-state index in [9.17, 15) is 29.7 Å². The number of Topliss-reactive ketones (excluding diaryl/α,β-unsaturated/α-hetero) is 1. The summed E-state index contributed by atoms with van der Waals surface area (Å²) < 4.78 is 62.7. The molecule has 1 aromatic heterocycles. The molecule has 4 aliphatic rings. The van der Waals surface area contributed by atoms with Gasteiger partial charge in [0.15, 0.2) is 30.3 Å². The number of aliphatic hydroxyl groups is 2. The standard InChI is InChI=1S/C58H96N4O18/c1-31-27-58(12,80-56(69)60-23-19-40-17-21-59-22-18-40)51(65)36(6)41(28-57(10,11)44(52(66)67)32(2)30-74-55-50(71-15)49(70-14)45(63)39(9)77-55)20-24-73-53(68)38(8)48(78-43-25-33(3)62(13)29-35(5)75-43)37(7)47(31)79-54-46(64)42(61-72-16)26-34(4)76-54/h17-18,21-22,31-39,41,43-50,54-55,63-64H,19-20,23-30H2,1-16H3,(H,60,69)(H,66,67)/t31-,32?,33-,34+,35-,36+,37+,38+,39+,41?,43-,44-,45+,46+,47-,48-,49+,50+,54-,55+,58-/m0/s1. The number of alkyl carbamates (subject to hydrolysis) is 1. The van der Waals surface area contributed by atoms with E-state index in [0.717, 1.165) is 5.56 Å². The van der Waals surface area contributed by atoms with Crippen LogP contribution < -0.4 is 5.32 Å². The molecule has 4 N–H and O–H groups in total. The van der Waals surface area contributed by atoms with Gasteiger partial charge in [0.25, 0.3) is 0 Å². The van der Waals surface area contributed by atoms with Gasteiger partial charge in [0, 0.05) is 70.4 Å². The van der Waals surface area contributed by atoms with E-state index in [1.165, 1.54) is 21.3 Å². The van der Waals surface area contributed by atoms with Crippen molar-refractivity contribution < 1.29 is 86.7 Å². The lowest BCUT2D eigenvalue weighted by Crippen LogP contribution is -2.59. The number of hydrogen-bond acceptors (Lipinski definition) is 20. The summed E-state index contributed by atoms with van der Waals surface area (Å²) >= 11 is 0. The quantitative estimate of drug-likeness (QED) is 0.0941. The second-order valence-corrected chi connectivity index (χ2v) is 24.1. The zero-order valence-corrected chi connectivity index (χ0v) is 50.2. The third kappa shape index (κ3) is 17.3. The number of methoxy groups -OCH3 is 2. The number of hydrogen-bond donors (Lipinski definition) is 4. The fourth-order valence-electron chi connectivity index (χ4n) is 12.7. The first kappa shape index (κ1) is 66.9. The summed E-state index contributed by atoms with van der Waals surface area (Å²) in [5.74, 6) is -7.69. The monoisotopic (exact) mass is 1140 g/mol. The molecule has 0 aromatic carbocycles. The molecule has 22 nitrogen and oxygen atoms in total. The van der Waals surface area contributed by atoms with Gasteiger partial charge in [-0.3, -0.25) is 19.4 Å². The highest BCUT2D eigenvalue weighted by Crippen LogP contribution is 2.45. The summed E-state index contributed by atoms with van der Waals surface area (Å²) in [6.45, 7) is 22.3. The average molecular weight is 1140 g/mol. The first-order valence-corrected chi connectivity index (χ1v) is 28.6. The molecular weight excluding hydrogens is 1040 g/mol. The molecule has 0 aliphatic carbocycles. The first-order valence-electron chi connectivity index (χ1n) is 28.6. The van der Waals surface area contributed by atoms with Crippen LogP contribution in [0, 0.1) is 46.8 Å². The molecule has 0 bridgehead atoms. The van der Waals surface area contributed by atoms with Gasteiger partial charge in [-0.1, -0.05) is 46.7 Å². The normalized spacial score (nSPS) is 37.9. The number of esters is 1. The molecule has 0 radical (unpaired) electrons. The van der Waals surface area contributed by atoms with E-state index >= 15 is 4.79 Å². The number of ether oxygens (including phenoxy) is 10. The lowest BCUT2D eigenvalue weighted by Gasteiger charge is -2.44. The number of aliphatic carboxylic acids is 1. The minimum Gasteiger partial charge on any atom is -0.481 e. The number of oxime groups is 1. The van der Waals surface area contributed by atoms with Crippen molar-refractivity contribution in [1.29, 1.82) is 0 Å². The van der Waals surface area contributed by atoms with Crippen LogP contribution in [-0.4, -0.2) is 195 Å². The summed E-state index contributed by atoms with van der Waals surface area (Å²) in [4.78, 5) is 69.4. The Balaban J connectivity index is 1.57. The van der Waals surface area contributed by atoms with Gasteiger partial charge in [-0.05, 0) is 115 Å². The molecular formula is C58H96N4O18. The minimum absolute atomic E-state index is 0.0493. The third-order valence-corrected chi connectivity index (χ3v) is 17.1. The molecule has 21 atom stereocenters. The fraction of sp³-hybridized carbons (Fsp3) is 0.828. The molecule has 1 aromatic rings. The number of rotatable bonds is 19. The van der Waals surface area contributed by atoms with E-state index < -0.39 is 144 Å².